The number of alkyl carbamates (subject to hydrolysis) is 1. The zero-order valence-corrected chi connectivity index (χ0v) is 39.4. The number of aliphatic hydroxyl groups excluding tert-OH is 1. The summed E-state index contributed by atoms with van der Waals surface area (Å²) in [6, 6.07) is 20.7. The second-order valence-electron chi connectivity index (χ2n) is 18.9. The molecule has 3 N–H and O–H groups in total. The van der Waals surface area contributed by atoms with Crippen molar-refractivity contribution in [2.24, 2.45) is 17.3 Å². The molecule has 0 unspecified atom stereocenters. The van der Waals surface area contributed by atoms with Gasteiger partial charge in [0.1, 0.15) is 23.7 Å². The van der Waals surface area contributed by atoms with Crippen molar-refractivity contribution in [2.45, 2.75) is 102 Å². The molecule has 8 rings (SSSR count). The van der Waals surface area contributed by atoms with Gasteiger partial charge in [-0.2, -0.15) is 4.31 Å². The van der Waals surface area contributed by atoms with Crippen molar-refractivity contribution in [3.05, 3.63) is 94.4 Å². The number of nitrogens with zero attached hydrogens (tertiary/aromatic N) is 2. The van der Waals surface area contributed by atoms with Crippen LogP contribution in [0.15, 0.2) is 77.7 Å². The van der Waals surface area contributed by atoms with Gasteiger partial charge in [0.15, 0.2) is 6.29 Å². The van der Waals surface area contributed by atoms with Crippen LogP contribution in [0.2, 0.25) is 0 Å². The number of carbonyl (C=O) groups is 2. The lowest BCUT2D eigenvalue weighted by atomic mass is 9.76. The van der Waals surface area contributed by atoms with Gasteiger partial charge in [-0.15, -0.1) is 11.3 Å². The molecule has 6 atom stereocenters. The molecule has 0 saturated carbocycles. The monoisotopic (exact) mass is 931 g/mol. The summed E-state index contributed by atoms with van der Waals surface area (Å²) >= 11 is 1.62. The molecule has 4 aliphatic rings. The van der Waals surface area contributed by atoms with Crippen molar-refractivity contribution >= 4 is 39.1 Å². The largest absolute Gasteiger partial charge is 0.497 e. The third-order valence-corrected chi connectivity index (χ3v) is 16.1. The normalized spacial score (nSPS) is 22.4. The first-order valence-electron chi connectivity index (χ1n) is 22.6. The highest BCUT2D eigenvalue weighted by Gasteiger charge is 2.44. The molecule has 3 aliphatic heterocycles. The highest BCUT2D eigenvalue weighted by molar-refractivity contribution is 7.89. The highest BCUT2D eigenvalue weighted by atomic mass is 32.2. The number of hydrogen-bond donors (Lipinski definition) is 3. The van der Waals surface area contributed by atoms with Gasteiger partial charge in [-0.05, 0) is 97.0 Å². The van der Waals surface area contributed by atoms with E-state index in [2.05, 4.69) is 30.1 Å². The maximum absolute atomic E-state index is 14.0. The van der Waals surface area contributed by atoms with Gasteiger partial charge in [0.25, 0.3) is 0 Å². The van der Waals surface area contributed by atoms with E-state index in [-0.39, 0.29) is 54.4 Å². The second-order valence-corrected chi connectivity index (χ2v) is 21.9. The SMILES string of the molecule is COc1ccc(S(=O)(=O)N(CC(C)C)C[C@@H](O)[C@H](Cc2ccc(O[C@@H]3CCN(c4ccccc4-c4sc5c(c4C(=O)O)CC(C)(C)CC5)C3)cc2)NC(=O)O[C@H]2CO[C@H]3OCC[C@H]32)cc1. The first-order valence-corrected chi connectivity index (χ1v) is 24.8. The number of anilines is 1. The minimum atomic E-state index is -4.05. The Kier molecular flexibility index (Phi) is 14.1. The third kappa shape index (κ3) is 10.6. The summed E-state index contributed by atoms with van der Waals surface area (Å²) in [4.78, 5) is 30.6. The van der Waals surface area contributed by atoms with E-state index < -0.39 is 46.6 Å². The predicted octanol–water partition coefficient (Wildman–Crippen LogP) is 7.40. The molecule has 3 saturated heterocycles. The number of hydrogen-bond acceptors (Lipinski definition) is 12. The number of ether oxygens (including phenoxy) is 5. The number of aryl methyl sites for hydroxylation is 1. The molecule has 14 nitrogen and oxygen atoms in total. The number of aromatic carboxylic acids is 1. The Hall–Kier alpha value is -4.71. The van der Waals surface area contributed by atoms with Gasteiger partial charge >= 0.3 is 12.1 Å². The van der Waals surface area contributed by atoms with Crippen molar-refractivity contribution in [2.75, 3.05) is 51.4 Å². The number of carbonyl (C=O) groups excluding carboxylic acids is 1. The molecule has 0 bridgehead atoms. The fraction of sp³-hybridized carbons (Fsp3) is 0.510. The highest BCUT2D eigenvalue weighted by Crippen LogP contribution is 2.47. The van der Waals surface area contributed by atoms with E-state index in [1.165, 1.54) is 28.4 Å². The molecule has 0 spiro atoms. The zero-order valence-electron chi connectivity index (χ0n) is 37.7. The van der Waals surface area contributed by atoms with Crippen LogP contribution in [0.1, 0.15) is 73.3 Å². The fourth-order valence-electron chi connectivity index (χ4n) is 9.54. The lowest BCUT2D eigenvalue weighted by Gasteiger charge is -2.31. The second kappa shape index (κ2) is 19.6. The summed E-state index contributed by atoms with van der Waals surface area (Å²) < 4.78 is 58.1. The predicted molar refractivity (Wildman–Crippen MR) is 248 cm³/mol. The number of amides is 1. The van der Waals surface area contributed by atoms with Gasteiger partial charge in [0.05, 0.1) is 60.3 Å². The Bertz CT molecular complexity index is 2420. The standard InChI is InChI=1S/C49H61N3O11S2/c1-30(2)26-52(65(57,58)35-16-14-32(59-5)15-17-35)28-41(53)39(50-48(56)63-42-29-61-47-37(42)20-23-60-47)24-31-10-12-33(13-11-31)62-34-19-22-51(27-34)40-9-7-6-8-36(40)45-44(46(54)55)38-25-49(3,4)21-18-43(38)64-45/h6-17,30,34,37,39,41-42,47,53H,18-29H2,1-5H3,(H,50,56)(H,54,55)/t34-,37+,39+,41-,42+,47-/m1/s1. The summed E-state index contributed by atoms with van der Waals surface area (Å²) in [6.45, 7) is 10.2. The number of aliphatic hydroxyl groups is 1. The van der Waals surface area contributed by atoms with E-state index >= 15 is 0 Å². The number of para-hydroxylation sites is 1. The average molecular weight is 932 g/mol. The summed E-state index contributed by atoms with van der Waals surface area (Å²) in [5.74, 6) is 0.146. The van der Waals surface area contributed by atoms with Crippen molar-refractivity contribution in [3.63, 3.8) is 0 Å². The van der Waals surface area contributed by atoms with Gasteiger partial charge in [-0.1, -0.05) is 58.0 Å². The van der Waals surface area contributed by atoms with Crippen LogP contribution in [-0.4, -0.2) is 112 Å². The van der Waals surface area contributed by atoms with E-state index in [4.69, 9.17) is 23.7 Å². The number of fused-ring (bicyclic) bond motifs is 2. The Morgan fingerprint density at radius 2 is 1.74 bits per heavy atom. The molecule has 1 amide bonds. The topological polar surface area (TPSA) is 173 Å². The lowest BCUT2D eigenvalue weighted by Crippen LogP contribution is -2.51. The summed E-state index contributed by atoms with van der Waals surface area (Å²) in [7, 11) is -2.54. The van der Waals surface area contributed by atoms with Crippen LogP contribution in [0.4, 0.5) is 10.5 Å². The number of nitrogens with one attached hydrogen (secondary N) is 1. The van der Waals surface area contributed by atoms with E-state index in [9.17, 15) is 28.2 Å². The molecule has 3 aromatic carbocycles. The summed E-state index contributed by atoms with van der Waals surface area (Å²) in [5.41, 5.74) is 4.17. The van der Waals surface area contributed by atoms with Gasteiger partial charge in [-0.3, -0.25) is 0 Å². The molecular formula is C49H61N3O11S2. The van der Waals surface area contributed by atoms with Crippen LogP contribution in [0.25, 0.3) is 10.4 Å². The van der Waals surface area contributed by atoms with Crippen molar-refractivity contribution < 1.29 is 51.9 Å². The Balaban J connectivity index is 0.961. The molecule has 4 heterocycles. The van der Waals surface area contributed by atoms with Gasteiger partial charge in [0, 0.05) is 42.2 Å². The van der Waals surface area contributed by atoms with E-state index in [0.29, 0.717) is 36.6 Å². The smallest absolute Gasteiger partial charge is 0.407 e. The van der Waals surface area contributed by atoms with Crippen LogP contribution in [0.3, 0.4) is 0 Å². The van der Waals surface area contributed by atoms with Gasteiger partial charge < -0.3 is 44.1 Å². The Labute approximate surface area is 385 Å². The first-order chi connectivity index (χ1) is 31.1. The van der Waals surface area contributed by atoms with E-state index in [1.54, 1.807) is 23.5 Å². The minimum absolute atomic E-state index is 0.0561. The van der Waals surface area contributed by atoms with Crippen molar-refractivity contribution in [1.82, 2.24) is 9.62 Å². The first kappa shape index (κ1) is 46.8. The van der Waals surface area contributed by atoms with Crippen molar-refractivity contribution in [3.8, 4) is 21.9 Å². The lowest BCUT2D eigenvalue weighted by molar-refractivity contribution is -0.0907. The Morgan fingerprint density at radius 1 is 1.00 bits per heavy atom. The third-order valence-electron chi connectivity index (χ3n) is 13.0. The van der Waals surface area contributed by atoms with Crippen LogP contribution in [0.5, 0.6) is 11.5 Å². The van der Waals surface area contributed by atoms with Gasteiger partial charge in [0.2, 0.25) is 10.0 Å². The van der Waals surface area contributed by atoms with Crippen LogP contribution >= 0.6 is 11.3 Å². The number of thiophene rings is 1. The quantitative estimate of drug-likeness (QED) is 0.0960. The molecule has 350 valence electrons. The van der Waals surface area contributed by atoms with Crippen molar-refractivity contribution in [1.29, 1.82) is 0 Å². The zero-order chi connectivity index (χ0) is 46.0. The molecule has 1 aromatic heterocycles. The van der Waals surface area contributed by atoms with E-state index in [1.807, 2.05) is 56.3 Å². The molecule has 16 heteroatoms. The number of methoxy groups -OCH3 is 1. The number of carboxylic acids is 1. The minimum Gasteiger partial charge on any atom is -0.497 e. The maximum atomic E-state index is 14.0. The molecule has 3 fully saturated rings. The fourth-order valence-corrected chi connectivity index (χ4v) is 12.5. The molecule has 4 aromatic rings. The Morgan fingerprint density at radius 3 is 2.46 bits per heavy atom. The summed E-state index contributed by atoms with van der Waals surface area (Å²) in [5, 5.41) is 25.2. The number of carboxylic acid groups (broad SMARTS) is 1. The maximum Gasteiger partial charge on any atom is 0.407 e. The van der Waals surface area contributed by atoms with Crippen LogP contribution in [0, 0.1) is 17.3 Å². The number of benzene rings is 3. The van der Waals surface area contributed by atoms with E-state index in [0.717, 1.165) is 59.5 Å². The number of rotatable bonds is 17. The molecule has 65 heavy (non-hydrogen) atoms. The van der Waals surface area contributed by atoms with Crippen LogP contribution < -0.4 is 19.7 Å². The number of sulfonamides is 1. The van der Waals surface area contributed by atoms with Crippen LogP contribution in [-0.2, 0) is 43.5 Å². The van der Waals surface area contributed by atoms with Gasteiger partial charge in [-0.25, -0.2) is 18.0 Å². The molecular weight excluding hydrogens is 871 g/mol. The average Bonchev–Trinajstić information content (AvgIpc) is 4.09. The summed E-state index contributed by atoms with van der Waals surface area (Å²) in [6.07, 6.45) is 1.20. The molecule has 0 radical (unpaired) electrons. The molecule has 1 aliphatic carbocycles.